The van der Waals surface area contributed by atoms with Crippen molar-refractivity contribution in [2.45, 2.75) is 6.17 Å². The molecule has 1 unspecified atom stereocenters. The Balaban J connectivity index is 1.92. The number of anilines is 2. The molecule has 140 valence electrons. The zero-order chi connectivity index (χ0) is 19.8. The molecule has 0 radical (unpaired) electrons. The van der Waals surface area contributed by atoms with Crippen molar-refractivity contribution in [2.75, 3.05) is 10.2 Å². The third-order valence-electron chi connectivity index (χ3n) is 4.52. The van der Waals surface area contributed by atoms with Gasteiger partial charge in [0, 0.05) is 21.9 Å². The van der Waals surface area contributed by atoms with Crippen LogP contribution in [0.1, 0.15) is 22.1 Å². The molecule has 0 aromatic heterocycles. The van der Waals surface area contributed by atoms with Gasteiger partial charge in [-0.1, -0.05) is 28.1 Å². The number of nitrogens with one attached hydrogen (secondary N) is 1. The minimum absolute atomic E-state index is 0.133. The molecule has 1 N–H and O–H groups in total. The fraction of sp³-hybridized carbons (Fsp3) is 0.0500. The SMILES string of the molecule is O=C1c2ccccc2NC(c2ccc(Br)cc2[N+](=O)[O-])N1c1ccc(F)cc1. The molecule has 1 amide bonds. The number of halogens is 2. The summed E-state index contributed by atoms with van der Waals surface area (Å²) in [6, 6.07) is 17.0. The molecular formula is C20H13BrFN3O3. The molecule has 1 atom stereocenters. The first-order chi connectivity index (χ1) is 13.5. The summed E-state index contributed by atoms with van der Waals surface area (Å²) in [4.78, 5) is 25.8. The maximum absolute atomic E-state index is 13.4. The number of fused-ring (bicyclic) bond motifs is 1. The first-order valence-electron chi connectivity index (χ1n) is 8.34. The quantitative estimate of drug-likeness (QED) is 0.443. The summed E-state index contributed by atoms with van der Waals surface area (Å²) in [5, 5.41) is 14.8. The van der Waals surface area contributed by atoms with Gasteiger partial charge in [-0.3, -0.25) is 19.8 Å². The van der Waals surface area contributed by atoms with Crippen molar-refractivity contribution in [3.63, 3.8) is 0 Å². The topological polar surface area (TPSA) is 75.5 Å². The van der Waals surface area contributed by atoms with E-state index in [-0.39, 0.29) is 11.6 Å². The lowest BCUT2D eigenvalue weighted by Crippen LogP contribution is -2.43. The standard InChI is InChI=1S/C20H13BrFN3O3/c21-12-5-10-16(18(11-12)25(27)28)19-23-17-4-2-1-3-15(17)20(26)24(19)14-8-6-13(22)7-9-14/h1-11,19,23H. The number of hydrogen-bond acceptors (Lipinski definition) is 4. The molecule has 0 fully saturated rings. The summed E-state index contributed by atoms with van der Waals surface area (Å²) in [5.74, 6) is -0.768. The van der Waals surface area contributed by atoms with Crippen molar-refractivity contribution in [1.29, 1.82) is 0 Å². The summed E-state index contributed by atoms with van der Waals surface area (Å²) >= 11 is 3.25. The van der Waals surface area contributed by atoms with Crippen LogP contribution in [-0.2, 0) is 0 Å². The number of amides is 1. The molecule has 28 heavy (non-hydrogen) atoms. The number of carbonyl (C=O) groups is 1. The average molecular weight is 442 g/mol. The summed E-state index contributed by atoms with van der Waals surface area (Å²) in [6.45, 7) is 0. The molecule has 0 aliphatic carbocycles. The Hall–Kier alpha value is -3.26. The van der Waals surface area contributed by atoms with Crippen LogP contribution in [-0.4, -0.2) is 10.8 Å². The highest BCUT2D eigenvalue weighted by Gasteiger charge is 2.37. The van der Waals surface area contributed by atoms with Gasteiger partial charge in [0.25, 0.3) is 11.6 Å². The highest BCUT2D eigenvalue weighted by atomic mass is 79.9. The van der Waals surface area contributed by atoms with Gasteiger partial charge in [0.1, 0.15) is 12.0 Å². The van der Waals surface area contributed by atoms with Gasteiger partial charge in [0.15, 0.2) is 0 Å². The molecule has 6 nitrogen and oxygen atoms in total. The molecule has 1 heterocycles. The number of nitro groups is 1. The zero-order valence-electron chi connectivity index (χ0n) is 14.3. The number of hydrogen-bond donors (Lipinski definition) is 1. The van der Waals surface area contributed by atoms with Crippen molar-refractivity contribution in [2.24, 2.45) is 0 Å². The fourth-order valence-corrected chi connectivity index (χ4v) is 3.59. The Morgan fingerprint density at radius 2 is 1.79 bits per heavy atom. The van der Waals surface area contributed by atoms with E-state index in [1.54, 1.807) is 36.4 Å². The second-order valence-electron chi connectivity index (χ2n) is 6.20. The van der Waals surface area contributed by atoms with Crippen LogP contribution in [0.2, 0.25) is 0 Å². The highest BCUT2D eigenvalue weighted by Crippen LogP contribution is 2.40. The number of nitrogens with zero attached hydrogens (tertiary/aromatic N) is 2. The van der Waals surface area contributed by atoms with Gasteiger partial charge in [-0.05, 0) is 48.5 Å². The van der Waals surface area contributed by atoms with Gasteiger partial charge in [0.2, 0.25) is 0 Å². The number of rotatable bonds is 3. The lowest BCUT2D eigenvalue weighted by Gasteiger charge is -2.37. The molecule has 4 rings (SSSR count). The maximum Gasteiger partial charge on any atom is 0.277 e. The Bertz CT molecular complexity index is 1090. The molecule has 0 saturated heterocycles. The maximum atomic E-state index is 13.4. The number of nitro benzene ring substituents is 1. The van der Waals surface area contributed by atoms with Crippen LogP contribution in [0, 0.1) is 15.9 Å². The van der Waals surface area contributed by atoms with E-state index in [0.717, 1.165) is 0 Å². The van der Waals surface area contributed by atoms with Crippen LogP contribution >= 0.6 is 15.9 Å². The van der Waals surface area contributed by atoms with Crippen molar-refractivity contribution < 1.29 is 14.1 Å². The third kappa shape index (κ3) is 3.11. The zero-order valence-corrected chi connectivity index (χ0v) is 15.9. The molecular weight excluding hydrogens is 429 g/mol. The lowest BCUT2D eigenvalue weighted by molar-refractivity contribution is -0.385. The Morgan fingerprint density at radius 1 is 1.07 bits per heavy atom. The molecule has 0 spiro atoms. The van der Waals surface area contributed by atoms with Crippen molar-refractivity contribution in [3.8, 4) is 0 Å². The highest BCUT2D eigenvalue weighted by molar-refractivity contribution is 9.10. The van der Waals surface area contributed by atoms with Crippen molar-refractivity contribution in [3.05, 3.63) is 98.3 Å². The van der Waals surface area contributed by atoms with Gasteiger partial charge < -0.3 is 5.32 Å². The van der Waals surface area contributed by atoms with E-state index in [4.69, 9.17) is 0 Å². The minimum atomic E-state index is -0.832. The first-order valence-corrected chi connectivity index (χ1v) is 9.13. The molecule has 0 saturated carbocycles. The van der Waals surface area contributed by atoms with Crippen LogP contribution in [0.3, 0.4) is 0 Å². The van der Waals surface area contributed by atoms with E-state index in [1.807, 2.05) is 0 Å². The van der Waals surface area contributed by atoms with E-state index >= 15 is 0 Å². The third-order valence-corrected chi connectivity index (χ3v) is 5.01. The Kier molecular flexibility index (Phi) is 4.56. The smallest absolute Gasteiger partial charge is 0.277 e. The second-order valence-corrected chi connectivity index (χ2v) is 7.12. The van der Waals surface area contributed by atoms with Crippen LogP contribution in [0.25, 0.3) is 0 Å². The Labute approximate surface area is 167 Å². The molecule has 3 aromatic rings. The molecule has 0 bridgehead atoms. The van der Waals surface area contributed by atoms with E-state index in [0.29, 0.717) is 27.0 Å². The Morgan fingerprint density at radius 3 is 2.50 bits per heavy atom. The van der Waals surface area contributed by atoms with Crippen LogP contribution < -0.4 is 10.2 Å². The molecule has 1 aliphatic rings. The van der Waals surface area contributed by atoms with Crippen LogP contribution in [0.4, 0.5) is 21.5 Å². The van der Waals surface area contributed by atoms with E-state index < -0.39 is 16.9 Å². The van der Waals surface area contributed by atoms with Crippen LogP contribution in [0.15, 0.2) is 71.2 Å². The molecule has 8 heteroatoms. The van der Waals surface area contributed by atoms with Crippen molar-refractivity contribution >= 4 is 38.9 Å². The van der Waals surface area contributed by atoms with Crippen molar-refractivity contribution in [1.82, 2.24) is 0 Å². The van der Waals surface area contributed by atoms with Crippen LogP contribution in [0.5, 0.6) is 0 Å². The van der Waals surface area contributed by atoms with Gasteiger partial charge in [-0.15, -0.1) is 0 Å². The number of benzene rings is 3. The second kappa shape index (κ2) is 7.05. The summed E-state index contributed by atoms with van der Waals surface area (Å²) in [5.41, 5.74) is 1.62. The number of para-hydroxylation sites is 1. The predicted octanol–water partition coefficient (Wildman–Crippen LogP) is 5.27. The summed E-state index contributed by atoms with van der Waals surface area (Å²) < 4.78 is 14.0. The predicted molar refractivity (Wildman–Crippen MR) is 107 cm³/mol. The lowest BCUT2D eigenvalue weighted by atomic mass is 10.0. The molecule has 3 aromatic carbocycles. The summed E-state index contributed by atoms with van der Waals surface area (Å²) in [6.07, 6.45) is -0.832. The molecule has 1 aliphatic heterocycles. The average Bonchev–Trinajstić information content (AvgIpc) is 2.69. The monoisotopic (exact) mass is 441 g/mol. The van der Waals surface area contributed by atoms with E-state index in [9.17, 15) is 19.3 Å². The number of carbonyl (C=O) groups excluding carboxylic acids is 1. The summed E-state index contributed by atoms with van der Waals surface area (Å²) in [7, 11) is 0. The van der Waals surface area contributed by atoms with Gasteiger partial charge in [-0.2, -0.15) is 0 Å². The van der Waals surface area contributed by atoms with E-state index in [1.165, 1.54) is 35.2 Å². The van der Waals surface area contributed by atoms with E-state index in [2.05, 4.69) is 21.2 Å². The fourth-order valence-electron chi connectivity index (χ4n) is 3.25. The van der Waals surface area contributed by atoms with Gasteiger partial charge in [-0.25, -0.2) is 4.39 Å². The minimum Gasteiger partial charge on any atom is -0.360 e. The largest absolute Gasteiger partial charge is 0.360 e. The van der Waals surface area contributed by atoms with Gasteiger partial charge in [0.05, 0.1) is 16.1 Å². The normalized spacial score (nSPS) is 15.7. The van der Waals surface area contributed by atoms with Gasteiger partial charge >= 0.3 is 0 Å². The first kappa shape index (κ1) is 18.1.